The van der Waals surface area contributed by atoms with Gasteiger partial charge in [-0.25, -0.2) is 0 Å². The predicted molar refractivity (Wildman–Crippen MR) is 84.4 cm³/mol. The van der Waals surface area contributed by atoms with Crippen LogP contribution in [0.2, 0.25) is 0 Å². The zero-order valence-corrected chi connectivity index (χ0v) is 13.3. The molecule has 0 bridgehead atoms. The van der Waals surface area contributed by atoms with Gasteiger partial charge in [0.2, 0.25) is 0 Å². The monoisotopic (exact) mass is 265 g/mol. The van der Waals surface area contributed by atoms with Crippen molar-refractivity contribution in [2.24, 2.45) is 17.8 Å². The number of hydrogen-bond acceptors (Lipinski definition) is 1. The summed E-state index contributed by atoms with van der Waals surface area (Å²) in [6, 6.07) is 0.838. The topological polar surface area (TPSA) is 12.0 Å². The van der Waals surface area contributed by atoms with E-state index in [1.165, 1.54) is 77.2 Å². The Balaban J connectivity index is 1.93. The van der Waals surface area contributed by atoms with Gasteiger partial charge in [0.15, 0.2) is 0 Å². The third-order valence-electron chi connectivity index (χ3n) is 5.61. The van der Waals surface area contributed by atoms with Crippen LogP contribution in [0.4, 0.5) is 0 Å². The van der Waals surface area contributed by atoms with E-state index in [0.717, 1.165) is 23.8 Å². The van der Waals surface area contributed by atoms with Gasteiger partial charge < -0.3 is 5.32 Å². The average Bonchev–Trinajstić information content (AvgIpc) is 2.70. The second-order valence-electron chi connectivity index (χ2n) is 7.25. The van der Waals surface area contributed by atoms with Gasteiger partial charge in [-0.2, -0.15) is 0 Å². The van der Waals surface area contributed by atoms with E-state index in [4.69, 9.17) is 0 Å². The highest BCUT2D eigenvalue weighted by molar-refractivity contribution is 4.87. The summed E-state index contributed by atoms with van der Waals surface area (Å²) >= 11 is 0. The molecule has 0 amide bonds. The third-order valence-corrected chi connectivity index (χ3v) is 5.61. The molecule has 0 heterocycles. The van der Waals surface area contributed by atoms with Crippen LogP contribution in [-0.4, -0.2) is 12.6 Å². The number of hydrogen-bond donors (Lipinski definition) is 1. The first-order valence-electron chi connectivity index (χ1n) is 9.04. The summed E-state index contributed by atoms with van der Waals surface area (Å²) in [6.07, 6.45) is 16.1. The van der Waals surface area contributed by atoms with E-state index in [2.05, 4.69) is 19.2 Å². The van der Waals surface area contributed by atoms with Crippen LogP contribution < -0.4 is 5.32 Å². The van der Waals surface area contributed by atoms with E-state index in [1.54, 1.807) is 0 Å². The molecule has 1 N–H and O–H groups in total. The van der Waals surface area contributed by atoms with Gasteiger partial charge in [0.1, 0.15) is 0 Å². The van der Waals surface area contributed by atoms with Crippen molar-refractivity contribution in [2.45, 2.75) is 90.5 Å². The Morgan fingerprint density at radius 1 is 0.842 bits per heavy atom. The fourth-order valence-electron chi connectivity index (χ4n) is 4.34. The Labute approximate surface area is 120 Å². The van der Waals surface area contributed by atoms with Crippen LogP contribution in [0.15, 0.2) is 0 Å². The molecule has 0 aromatic carbocycles. The van der Waals surface area contributed by atoms with Gasteiger partial charge in [0.05, 0.1) is 0 Å². The summed E-state index contributed by atoms with van der Waals surface area (Å²) < 4.78 is 0. The molecule has 2 rings (SSSR count). The molecule has 2 aliphatic carbocycles. The van der Waals surface area contributed by atoms with Gasteiger partial charge >= 0.3 is 0 Å². The molecule has 1 nitrogen and oxygen atoms in total. The zero-order chi connectivity index (χ0) is 13.5. The van der Waals surface area contributed by atoms with Gasteiger partial charge in [-0.15, -0.1) is 0 Å². The second-order valence-corrected chi connectivity index (χ2v) is 7.25. The second kappa shape index (κ2) is 8.29. The van der Waals surface area contributed by atoms with Gasteiger partial charge in [-0.3, -0.25) is 0 Å². The molecular weight excluding hydrogens is 230 g/mol. The summed E-state index contributed by atoms with van der Waals surface area (Å²) in [5, 5.41) is 3.95. The van der Waals surface area contributed by atoms with Crippen molar-refractivity contribution >= 4 is 0 Å². The SMILES string of the molecule is CCCNC(C1CCCCCC1)C1CCC(C)CC1. The quantitative estimate of drug-likeness (QED) is 0.678. The lowest BCUT2D eigenvalue weighted by Crippen LogP contribution is -2.43. The lowest BCUT2D eigenvalue weighted by molar-refractivity contribution is 0.172. The summed E-state index contributed by atoms with van der Waals surface area (Å²) in [5.74, 6) is 2.94. The van der Waals surface area contributed by atoms with E-state index in [9.17, 15) is 0 Å². The molecule has 1 unspecified atom stereocenters. The number of nitrogens with one attached hydrogen (secondary N) is 1. The Kier molecular flexibility index (Phi) is 6.70. The van der Waals surface area contributed by atoms with Crippen molar-refractivity contribution in [3.8, 4) is 0 Å². The van der Waals surface area contributed by atoms with Gasteiger partial charge in [-0.1, -0.05) is 52.4 Å². The van der Waals surface area contributed by atoms with E-state index >= 15 is 0 Å². The van der Waals surface area contributed by atoms with E-state index in [-0.39, 0.29) is 0 Å². The minimum Gasteiger partial charge on any atom is -0.313 e. The van der Waals surface area contributed by atoms with E-state index in [0.29, 0.717) is 0 Å². The maximum atomic E-state index is 3.95. The predicted octanol–water partition coefficient (Wildman–Crippen LogP) is 5.15. The highest BCUT2D eigenvalue weighted by atomic mass is 14.9. The first kappa shape index (κ1) is 15.4. The molecule has 2 aliphatic rings. The Morgan fingerprint density at radius 2 is 1.42 bits per heavy atom. The van der Waals surface area contributed by atoms with Gasteiger partial charge in [0.25, 0.3) is 0 Å². The van der Waals surface area contributed by atoms with Crippen molar-refractivity contribution in [1.82, 2.24) is 5.32 Å². The van der Waals surface area contributed by atoms with Gasteiger partial charge in [0, 0.05) is 6.04 Å². The molecule has 1 atom stereocenters. The van der Waals surface area contributed by atoms with Crippen molar-refractivity contribution in [3.05, 3.63) is 0 Å². The molecule has 112 valence electrons. The lowest BCUT2D eigenvalue weighted by Gasteiger charge is -2.38. The Bertz CT molecular complexity index is 222. The summed E-state index contributed by atoms with van der Waals surface area (Å²) in [4.78, 5) is 0. The van der Waals surface area contributed by atoms with Crippen LogP contribution in [0, 0.1) is 17.8 Å². The molecular formula is C18H35N. The Morgan fingerprint density at radius 3 is 2.00 bits per heavy atom. The minimum absolute atomic E-state index is 0.838. The fraction of sp³-hybridized carbons (Fsp3) is 1.00. The van der Waals surface area contributed by atoms with Crippen molar-refractivity contribution in [2.75, 3.05) is 6.54 Å². The molecule has 19 heavy (non-hydrogen) atoms. The normalized spacial score (nSPS) is 31.9. The summed E-state index contributed by atoms with van der Waals surface area (Å²) in [7, 11) is 0. The molecule has 0 aromatic heterocycles. The zero-order valence-electron chi connectivity index (χ0n) is 13.3. The van der Waals surface area contributed by atoms with Crippen molar-refractivity contribution in [3.63, 3.8) is 0 Å². The summed E-state index contributed by atoms with van der Waals surface area (Å²) in [5.41, 5.74) is 0. The third kappa shape index (κ3) is 4.77. The van der Waals surface area contributed by atoms with Crippen molar-refractivity contribution < 1.29 is 0 Å². The molecule has 2 fully saturated rings. The first-order valence-corrected chi connectivity index (χ1v) is 9.04. The lowest BCUT2D eigenvalue weighted by atomic mass is 9.74. The number of rotatable bonds is 5. The molecule has 0 spiro atoms. The minimum atomic E-state index is 0.838. The molecule has 2 saturated carbocycles. The smallest absolute Gasteiger partial charge is 0.0124 e. The molecule has 0 saturated heterocycles. The van der Waals surface area contributed by atoms with Crippen molar-refractivity contribution in [1.29, 1.82) is 0 Å². The van der Waals surface area contributed by atoms with Crippen LogP contribution in [0.25, 0.3) is 0 Å². The van der Waals surface area contributed by atoms with E-state index < -0.39 is 0 Å². The molecule has 0 aromatic rings. The largest absolute Gasteiger partial charge is 0.313 e. The van der Waals surface area contributed by atoms with Gasteiger partial charge in [-0.05, 0) is 56.4 Å². The standard InChI is InChI=1S/C18H35N/c1-3-14-19-18(16-8-6-4-5-7-9-16)17-12-10-15(2)11-13-17/h15-19H,3-14H2,1-2H3. The maximum Gasteiger partial charge on any atom is 0.0124 e. The first-order chi connectivity index (χ1) is 9.31. The maximum absolute atomic E-state index is 3.95. The molecule has 0 radical (unpaired) electrons. The van der Waals surface area contributed by atoms with Crippen LogP contribution in [0.5, 0.6) is 0 Å². The molecule has 0 aliphatic heterocycles. The summed E-state index contributed by atoms with van der Waals surface area (Å²) in [6.45, 7) is 5.98. The highest BCUT2D eigenvalue weighted by Gasteiger charge is 2.31. The highest BCUT2D eigenvalue weighted by Crippen LogP contribution is 2.36. The fourth-order valence-corrected chi connectivity index (χ4v) is 4.34. The van der Waals surface area contributed by atoms with Crippen LogP contribution in [0.1, 0.15) is 84.5 Å². The van der Waals surface area contributed by atoms with Crippen LogP contribution >= 0.6 is 0 Å². The molecule has 1 heteroatoms. The van der Waals surface area contributed by atoms with Crippen LogP contribution in [0.3, 0.4) is 0 Å². The van der Waals surface area contributed by atoms with E-state index in [1.807, 2.05) is 0 Å². The van der Waals surface area contributed by atoms with Crippen LogP contribution in [-0.2, 0) is 0 Å². The average molecular weight is 265 g/mol. The Hall–Kier alpha value is -0.0400.